The van der Waals surface area contributed by atoms with Gasteiger partial charge >= 0.3 is 0 Å². The Balaban J connectivity index is 2.34. The zero-order valence-corrected chi connectivity index (χ0v) is 15.3. The minimum Gasteiger partial charge on any atom is -0.354 e. The van der Waals surface area contributed by atoms with E-state index in [-0.39, 0.29) is 5.91 Å². The summed E-state index contributed by atoms with van der Waals surface area (Å²) in [4.78, 5) is 12.4. The average molecular weight is 354 g/mol. The van der Waals surface area contributed by atoms with Crippen molar-refractivity contribution < 1.29 is 4.79 Å². The maximum absolute atomic E-state index is 12.4. The summed E-state index contributed by atoms with van der Waals surface area (Å²) in [5.74, 6) is -0.181. The van der Waals surface area contributed by atoms with Crippen molar-refractivity contribution in [3.8, 4) is 16.9 Å². The van der Waals surface area contributed by atoms with Crippen molar-refractivity contribution >= 4 is 17.5 Å². The number of nitrogens with zero attached hydrogens (tertiary/aromatic N) is 2. The van der Waals surface area contributed by atoms with Gasteiger partial charge in [0.05, 0.1) is 11.4 Å². The third kappa shape index (κ3) is 3.17. The van der Waals surface area contributed by atoms with Gasteiger partial charge in [-0.1, -0.05) is 48.9 Å². The van der Waals surface area contributed by atoms with Crippen molar-refractivity contribution in [2.45, 2.75) is 20.3 Å². The molecule has 2 aromatic carbocycles. The topological polar surface area (TPSA) is 46.9 Å². The fourth-order valence-corrected chi connectivity index (χ4v) is 3.24. The van der Waals surface area contributed by atoms with Gasteiger partial charge in [-0.2, -0.15) is 5.10 Å². The number of carbonyl (C=O) groups is 1. The minimum atomic E-state index is -0.181. The molecule has 3 rings (SSSR count). The van der Waals surface area contributed by atoms with Crippen LogP contribution in [-0.4, -0.2) is 22.7 Å². The second-order valence-electron chi connectivity index (χ2n) is 5.82. The normalized spacial score (nSPS) is 10.7. The summed E-state index contributed by atoms with van der Waals surface area (Å²) in [6, 6.07) is 15.7. The average Bonchev–Trinajstić information content (AvgIpc) is 3.01. The zero-order valence-electron chi connectivity index (χ0n) is 14.5. The van der Waals surface area contributed by atoms with E-state index in [0.717, 1.165) is 28.1 Å². The Bertz CT molecular complexity index is 916. The van der Waals surface area contributed by atoms with Gasteiger partial charge in [0.15, 0.2) is 5.69 Å². The first-order chi connectivity index (χ1) is 12.1. The predicted molar refractivity (Wildman–Crippen MR) is 102 cm³/mol. The molecule has 25 heavy (non-hydrogen) atoms. The first kappa shape index (κ1) is 17.2. The van der Waals surface area contributed by atoms with Crippen LogP contribution >= 0.6 is 11.6 Å². The number of halogens is 1. The molecule has 0 unspecified atom stereocenters. The van der Waals surface area contributed by atoms with E-state index in [9.17, 15) is 4.79 Å². The fourth-order valence-electron chi connectivity index (χ4n) is 3.01. The molecule has 4 nitrogen and oxygen atoms in total. The van der Waals surface area contributed by atoms with Crippen molar-refractivity contribution in [3.63, 3.8) is 0 Å². The minimum absolute atomic E-state index is 0.181. The van der Waals surface area contributed by atoms with Crippen molar-refractivity contribution in [2.24, 2.45) is 0 Å². The number of benzene rings is 2. The van der Waals surface area contributed by atoms with Gasteiger partial charge in [-0.3, -0.25) is 4.79 Å². The first-order valence-corrected chi connectivity index (χ1v) is 8.60. The molecule has 1 heterocycles. The van der Waals surface area contributed by atoms with Crippen LogP contribution in [0.1, 0.15) is 28.5 Å². The third-order valence-corrected chi connectivity index (χ3v) is 4.45. The molecule has 1 aromatic heterocycles. The van der Waals surface area contributed by atoms with Gasteiger partial charge in [0, 0.05) is 23.2 Å². The molecule has 0 bridgehead atoms. The van der Waals surface area contributed by atoms with E-state index in [2.05, 4.69) is 10.4 Å². The maximum atomic E-state index is 12.4. The summed E-state index contributed by atoms with van der Waals surface area (Å²) in [6.07, 6.45) is 0.708. The summed E-state index contributed by atoms with van der Waals surface area (Å²) in [5, 5.41) is 8.02. The smallest absolute Gasteiger partial charge is 0.271 e. The number of aromatic nitrogens is 2. The maximum Gasteiger partial charge on any atom is 0.271 e. The largest absolute Gasteiger partial charge is 0.354 e. The van der Waals surface area contributed by atoms with E-state index in [1.54, 1.807) is 7.05 Å². The standard InChI is InChI=1S/C20H20ClN3O/c1-4-16-18(20(25)22-3)23-24(17-11-10-15(21)12-13(17)2)19(16)14-8-6-5-7-9-14/h5-12H,4H2,1-3H3,(H,22,25). The Kier molecular flexibility index (Phi) is 4.91. The lowest BCUT2D eigenvalue weighted by atomic mass is 10.0. The number of hydrogen-bond donors (Lipinski definition) is 1. The van der Waals surface area contributed by atoms with Crippen LogP contribution in [0.4, 0.5) is 0 Å². The molecular formula is C20H20ClN3O. The summed E-state index contributed by atoms with van der Waals surface area (Å²) >= 11 is 6.10. The lowest BCUT2D eigenvalue weighted by Gasteiger charge is -2.12. The summed E-state index contributed by atoms with van der Waals surface area (Å²) < 4.78 is 1.85. The molecule has 0 atom stereocenters. The van der Waals surface area contributed by atoms with Crippen molar-refractivity contribution in [1.29, 1.82) is 0 Å². The van der Waals surface area contributed by atoms with Gasteiger partial charge in [0.25, 0.3) is 5.91 Å². The van der Waals surface area contributed by atoms with Gasteiger partial charge in [0.2, 0.25) is 0 Å². The van der Waals surface area contributed by atoms with Gasteiger partial charge in [0.1, 0.15) is 0 Å². The van der Waals surface area contributed by atoms with E-state index >= 15 is 0 Å². The number of carbonyl (C=O) groups excluding carboxylic acids is 1. The molecule has 0 aliphatic rings. The molecule has 0 saturated heterocycles. The highest BCUT2D eigenvalue weighted by Crippen LogP contribution is 2.31. The van der Waals surface area contributed by atoms with Crippen LogP contribution in [-0.2, 0) is 6.42 Å². The van der Waals surface area contributed by atoms with E-state index in [1.165, 1.54) is 0 Å². The Hall–Kier alpha value is -2.59. The molecule has 5 heteroatoms. The Morgan fingerprint density at radius 2 is 1.92 bits per heavy atom. The zero-order chi connectivity index (χ0) is 18.0. The Morgan fingerprint density at radius 3 is 2.52 bits per heavy atom. The molecular weight excluding hydrogens is 334 g/mol. The highest BCUT2D eigenvalue weighted by atomic mass is 35.5. The van der Waals surface area contributed by atoms with Gasteiger partial charge < -0.3 is 5.32 Å². The molecule has 0 aliphatic carbocycles. The Labute approximate surface area is 152 Å². The number of amides is 1. The van der Waals surface area contributed by atoms with Crippen molar-refractivity contribution in [3.05, 3.63) is 70.4 Å². The number of aryl methyl sites for hydroxylation is 1. The number of hydrogen-bond acceptors (Lipinski definition) is 2. The van der Waals surface area contributed by atoms with Crippen LogP contribution in [0.2, 0.25) is 5.02 Å². The monoisotopic (exact) mass is 353 g/mol. The SMILES string of the molecule is CCc1c(C(=O)NC)nn(-c2ccc(Cl)cc2C)c1-c1ccccc1. The van der Waals surface area contributed by atoms with Crippen LogP contribution in [0, 0.1) is 6.92 Å². The molecule has 128 valence electrons. The molecule has 0 spiro atoms. The quantitative estimate of drug-likeness (QED) is 0.754. The Morgan fingerprint density at radius 1 is 1.20 bits per heavy atom. The van der Waals surface area contributed by atoms with Gasteiger partial charge in [-0.15, -0.1) is 0 Å². The van der Waals surface area contributed by atoms with Crippen LogP contribution < -0.4 is 5.32 Å². The summed E-state index contributed by atoms with van der Waals surface area (Å²) in [7, 11) is 1.62. The van der Waals surface area contributed by atoms with Crippen LogP contribution in [0.25, 0.3) is 16.9 Å². The van der Waals surface area contributed by atoms with E-state index < -0.39 is 0 Å². The predicted octanol–water partition coefficient (Wildman–Crippen LogP) is 4.42. The van der Waals surface area contributed by atoms with Crippen molar-refractivity contribution in [2.75, 3.05) is 7.05 Å². The summed E-state index contributed by atoms with van der Waals surface area (Å²) in [6.45, 7) is 4.03. The molecule has 1 N–H and O–H groups in total. The number of nitrogens with one attached hydrogen (secondary N) is 1. The highest BCUT2D eigenvalue weighted by Gasteiger charge is 2.23. The first-order valence-electron chi connectivity index (χ1n) is 8.22. The number of rotatable bonds is 4. The highest BCUT2D eigenvalue weighted by molar-refractivity contribution is 6.30. The van der Waals surface area contributed by atoms with Crippen LogP contribution in [0.3, 0.4) is 0 Å². The van der Waals surface area contributed by atoms with E-state index in [4.69, 9.17) is 11.6 Å². The van der Waals surface area contributed by atoms with E-state index in [0.29, 0.717) is 17.1 Å². The lowest BCUT2D eigenvalue weighted by molar-refractivity contribution is 0.0957. The van der Waals surface area contributed by atoms with Crippen LogP contribution in [0.5, 0.6) is 0 Å². The molecule has 0 aliphatic heterocycles. The second-order valence-corrected chi connectivity index (χ2v) is 6.25. The van der Waals surface area contributed by atoms with E-state index in [1.807, 2.05) is 67.1 Å². The van der Waals surface area contributed by atoms with Gasteiger partial charge in [-0.05, 0) is 37.1 Å². The molecule has 0 saturated carbocycles. The lowest BCUT2D eigenvalue weighted by Crippen LogP contribution is -2.20. The van der Waals surface area contributed by atoms with Crippen LogP contribution in [0.15, 0.2) is 48.5 Å². The summed E-state index contributed by atoms with van der Waals surface area (Å²) in [5.41, 5.74) is 5.26. The second kappa shape index (κ2) is 7.11. The molecule has 0 radical (unpaired) electrons. The molecule has 3 aromatic rings. The molecule has 1 amide bonds. The fraction of sp³-hybridized carbons (Fsp3) is 0.200. The molecule has 0 fully saturated rings. The third-order valence-electron chi connectivity index (χ3n) is 4.21. The van der Waals surface area contributed by atoms with Gasteiger partial charge in [-0.25, -0.2) is 4.68 Å². The van der Waals surface area contributed by atoms with Crippen molar-refractivity contribution in [1.82, 2.24) is 15.1 Å².